The third kappa shape index (κ3) is 3.18. The molecule has 1 nitrogen and oxygen atoms in total. The Balaban J connectivity index is 2.32. The zero-order valence-corrected chi connectivity index (χ0v) is 10.7. The minimum absolute atomic E-state index is 0.734. The Labute approximate surface area is 107 Å². The topological polar surface area (TPSA) is 12.9 Å². The first-order valence-corrected chi connectivity index (χ1v) is 5.90. The van der Waals surface area contributed by atoms with E-state index in [-0.39, 0.29) is 0 Å². The Bertz CT molecular complexity index is 537. The molecule has 0 aliphatic rings. The molecule has 86 valence electrons. The zero-order valence-electron chi connectivity index (χ0n) is 9.94. The molecule has 0 aliphatic carbocycles. The van der Waals surface area contributed by atoms with Crippen LogP contribution >= 0.6 is 11.6 Å². The van der Waals surface area contributed by atoms with Crippen molar-refractivity contribution >= 4 is 17.7 Å². The monoisotopic (exact) mass is 243 g/mol. The first-order chi connectivity index (χ1) is 8.15. The summed E-state index contributed by atoms with van der Waals surface area (Å²) in [5.41, 5.74) is 4.37. The fraction of sp³-hybridized carbons (Fsp3) is 0.133. The van der Waals surface area contributed by atoms with Gasteiger partial charge in [0, 0.05) is 16.8 Å². The van der Waals surface area contributed by atoms with Crippen molar-refractivity contribution in [3.05, 3.63) is 58.8 Å². The third-order valence-corrected chi connectivity index (χ3v) is 2.60. The molecule has 0 N–H and O–H groups in total. The fourth-order valence-electron chi connectivity index (χ4n) is 1.64. The third-order valence-electron chi connectivity index (χ3n) is 2.36. The molecule has 0 saturated carbocycles. The van der Waals surface area contributed by atoms with Crippen LogP contribution in [0.1, 0.15) is 19.4 Å². The first kappa shape index (κ1) is 11.9. The molecule has 1 aromatic heterocycles. The lowest BCUT2D eigenvalue weighted by Crippen LogP contribution is -1.84. The lowest BCUT2D eigenvalue weighted by molar-refractivity contribution is 1.31. The second-order valence-corrected chi connectivity index (χ2v) is 4.65. The van der Waals surface area contributed by atoms with E-state index in [0.717, 1.165) is 21.8 Å². The highest BCUT2D eigenvalue weighted by Crippen LogP contribution is 2.21. The number of nitrogens with zero attached hydrogens (tertiary/aromatic N) is 1. The number of pyridine rings is 1. The van der Waals surface area contributed by atoms with E-state index in [4.69, 9.17) is 11.6 Å². The minimum atomic E-state index is 0.734. The van der Waals surface area contributed by atoms with Gasteiger partial charge in [-0.3, -0.25) is 4.98 Å². The molecule has 1 aromatic carbocycles. The van der Waals surface area contributed by atoms with Crippen molar-refractivity contribution < 1.29 is 0 Å². The number of halogens is 1. The van der Waals surface area contributed by atoms with Crippen molar-refractivity contribution in [1.29, 1.82) is 0 Å². The second-order valence-electron chi connectivity index (χ2n) is 4.21. The number of benzene rings is 1. The van der Waals surface area contributed by atoms with E-state index in [1.54, 1.807) is 0 Å². The van der Waals surface area contributed by atoms with Gasteiger partial charge in [-0.2, -0.15) is 0 Å². The van der Waals surface area contributed by atoms with Crippen molar-refractivity contribution in [2.75, 3.05) is 0 Å². The van der Waals surface area contributed by atoms with Gasteiger partial charge in [0.1, 0.15) is 0 Å². The summed E-state index contributed by atoms with van der Waals surface area (Å²) in [6, 6.07) is 11.8. The maximum Gasteiger partial charge on any atom is 0.0702 e. The van der Waals surface area contributed by atoms with Gasteiger partial charge in [-0.1, -0.05) is 41.4 Å². The van der Waals surface area contributed by atoms with Gasteiger partial charge in [0.05, 0.1) is 5.69 Å². The van der Waals surface area contributed by atoms with Crippen LogP contribution in [0.5, 0.6) is 0 Å². The van der Waals surface area contributed by atoms with Gasteiger partial charge < -0.3 is 0 Å². The SMILES string of the molecule is CC(C)=Cc1ccc(-c2cccc(Cl)c2)nc1. The average Bonchev–Trinajstić information content (AvgIpc) is 2.29. The van der Waals surface area contributed by atoms with E-state index in [9.17, 15) is 0 Å². The highest BCUT2D eigenvalue weighted by molar-refractivity contribution is 6.30. The van der Waals surface area contributed by atoms with Crippen LogP contribution in [0.25, 0.3) is 17.3 Å². The van der Waals surface area contributed by atoms with Crippen LogP contribution in [0.15, 0.2) is 48.2 Å². The maximum atomic E-state index is 5.96. The van der Waals surface area contributed by atoms with E-state index < -0.39 is 0 Å². The van der Waals surface area contributed by atoms with Gasteiger partial charge >= 0.3 is 0 Å². The molecule has 0 unspecified atom stereocenters. The molecular formula is C15H14ClN. The molecule has 0 amide bonds. The van der Waals surface area contributed by atoms with Crippen LogP contribution in [0.2, 0.25) is 5.02 Å². The molecule has 2 heteroatoms. The smallest absolute Gasteiger partial charge is 0.0702 e. The van der Waals surface area contributed by atoms with Crippen LogP contribution in [-0.2, 0) is 0 Å². The molecule has 0 atom stereocenters. The van der Waals surface area contributed by atoms with E-state index in [1.807, 2.05) is 36.5 Å². The van der Waals surface area contributed by atoms with Crippen molar-refractivity contribution in [3.63, 3.8) is 0 Å². The van der Waals surface area contributed by atoms with Crippen LogP contribution in [-0.4, -0.2) is 4.98 Å². The first-order valence-electron chi connectivity index (χ1n) is 5.52. The summed E-state index contributed by atoms with van der Waals surface area (Å²) in [6.07, 6.45) is 3.98. The number of hydrogen-bond donors (Lipinski definition) is 0. The standard InChI is InChI=1S/C15H14ClN/c1-11(2)8-12-6-7-15(17-10-12)13-4-3-5-14(16)9-13/h3-10H,1-2H3. The van der Waals surface area contributed by atoms with Crippen LogP contribution in [0.3, 0.4) is 0 Å². The summed E-state index contributed by atoms with van der Waals surface area (Å²) in [6.45, 7) is 4.15. The Hall–Kier alpha value is -1.60. The van der Waals surface area contributed by atoms with Crippen LogP contribution in [0, 0.1) is 0 Å². The van der Waals surface area contributed by atoms with E-state index in [0.29, 0.717) is 0 Å². The summed E-state index contributed by atoms with van der Waals surface area (Å²) >= 11 is 5.96. The Morgan fingerprint density at radius 2 is 2.00 bits per heavy atom. The second kappa shape index (κ2) is 5.15. The summed E-state index contributed by atoms with van der Waals surface area (Å²) in [7, 11) is 0. The number of rotatable bonds is 2. The number of aromatic nitrogens is 1. The lowest BCUT2D eigenvalue weighted by Gasteiger charge is -2.02. The number of hydrogen-bond acceptors (Lipinski definition) is 1. The minimum Gasteiger partial charge on any atom is -0.256 e. The molecule has 2 aromatic rings. The van der Waals surface area contributed by atoms with E-state index in [1.165, 1.54) is 5.57 Å². The van der Waals surface area contributed by atoms with Gasteiger partial charge in [-0.15, -0.1) is 0 Å². The predicted octanol–water partition coefficient (Wildman–Crippen LogP) is 4.83. The summed E-state index contributed by atoms with van der Waals surface area (Å²) < 4.78 is 0. The molecule has 0 bridgehead atoms. The Kier molecular flexibility index (Phi) is 3.60. The predicted molar refractivity (Wildman–Crippen MR) is 74.0 cm³/mol. The summed E-state index contributed by atoms with van der Waals surface area (Å²) in [4.78, 5) is 4.44. The quantitative estimate of drug-likeness (QED) is 0.737. The van der Waals surface area contributed by atoms with Crippen LogP contribution in [0.4, 0.5) is 0 Å². The van der Waals surface area contributed by atoms with E-state index in [2.05, 4.69) is 31.0 Å². The number of allylic oxidation sites excluding steroid dienone is 1. The maximum absolute atomic E-state index is 5.96. The normalized spacial score (nSPS) is 10.1. The molecule has 1 heterocycles. The highest BCUT2D eigenvalue weighted by atomic mass is 35.5. The molecule has 0 aliphatic heterocycles. The van der Waals surface area contributed by atoms with Crippen LogP contribution < -0.4 is 0 Å². The van der Waals surface area contributed by atoms with Gasteiger partial charge in [-0.25, -0.2) is 0 Å². The largest absolute Gasteiger partial charge is 0.256 e. The van der Waals surface area contributed by atoms with Gasteiger partial charge in [0.2, 0.25) is 0 Å². The van der Waals surface area contributed by atoms with Crippen molar-refractivity contribution in [1.82, 2.24) is 4.98 Å². The van der Waals surface area contributed by atoms with Crippen molar-refractivity contribution in [3.8, 4) is 11.3 Å². The molecule has 2 rings (SSSR count). The van der Waals surface area contributed by atoms with Gasteiger partial charge in [-0.05, 0) is 37.6 Å². The summed E-state index contributed by atoms with van der Waals surface area (Å²) in [5, 5.41) is 0.734. The molecule has 0 radical (unpaired) electrons. The average molecular weight is 244 g/mol. The van der Waals surface area contributed by atoms with Crippen molar-refractivity contribution in [2.24, 2.45) is 0 Å². The molecule has 0 fully saturated rings. The molecule has 17 heavy (non-hydrogen) atoms. The summed E-state index contributed by atoms with van der Waals surface area (Å²) in [5.74, 6) is 0. The lowest BCUT2D eigenvalue weighted by atomic mass is 10.1. The molecule has 0 spiro atoms. The van der Waals surface area contributed by atoms with Gasteiger partial charge in [0.15, 0.2) is 0 Å². The van der Waals surface area contributed by atoms with Crippen molar-refractivity contribution in [2.45, 2.75) is 13.8 Å². The van der Waals surface area contributed by atoms with E-state index >= 15 is 0 Å². The Morgan fingerprint density at radius 3 is 2.59 bits per heavy atom. The fourth-order valence-corrected chi connectivity index (χ4v) is 1.83. The molecule has 0 saturated heterocycles. The molecular weight excluding hydrogens is 230 g/mol. The Morgan fingerprint density at radius 1 is 1.18 bits per heavy atom. The van der Waals surface area contributed by atoms with Gasteiger partial charge in [0.25, 0.3) is 0 Å². The zero-order chi connectivity index (χ0) is 12.3. The highest BCUT2D eigenvalue weighted by Gasteiger charge is 1.99.